The number of nitrogens with one attached hydrogen (secondary N) is 1. The van der Waals surface area contributed by atoms with Gasteiger partial charge < -0.3 is 20.3 Å². The van der Waals surface area contributed by atoms with Gasteiger partial charge in [-0.25, -0.2) is 0 Å². The summed E-state index contributed by atoms with van der Waals surface area (Å²) in [6.07, 6.45) is 43.0. The average Bonchev–Trinajstić information content (AvgIpc) is 3.11. The number of hydrogen-bond donors (Lipinski definition) is 3. The lowest BCUT2D eigenvalue weighted by Crippen LogP contribution is -2.45. The van der Waals surface area contributed by atoms with E-state index in [4.69, 9.17) is 4.74 Å². The van der Waals surface area contributed by atoms with Crippen LogP contribution in [-0.2, 0) is 14.3 Å². The quantitative estimate of drug-likeness (QED) is 0.0335. The monoisotopic (exact) mass is 708 g/mol. The van der Waals surface area contributed by atoms with E-state index < -0.39 is 12.1 Å². The minimum atomic E-state index is -0.676. The van der Waals surface area contributed by atoms with E-state index in [1.165, 1.54) is 141 Å². The Kier molecular flexibility index (Phi) is 39.2. The maximum Gasteiger partial charge on any atom is 0.305 e. The van der Waals surface area contributed by atoms with Crippen LogP contribution < -0.4 is 5.32 Å². The van der Waals surface area contributed by atoms with Crippen LogP contribution in [0.15, 0.2) is 12.2 Å². The van der Waals surface area contributed by atoms with Crippen molar-refractivity contribution in [2.24, 2.45) is 0 Å². The highest BCUT2D eigenvalue weighted by Gasteiger charge is 2.20. The molecule has 0 aromatic rings. The summed E-state index contributed by atoms with van der Waals surface area (Å²) in [5.41, 5.74) is 0. The van der Waals surface area contributed by atoms with Gasteiger partial charge in [-0.3, -0.25) is 9.59 Å². The molecule has 2 unspecified atom stereocenters. The highest BCUT2D eigenvalue weighted by molar-refractivity contribution is 5.76. The van der Waals surface area contributed by atoms with Crippen molar-refractivity contribution < 1.29 is 24.5 Å². The van der Waals surface area contributed by atoms with Crippen molar-refractivity contribution in [1.29, 1.82) is 0 Å². The van der Waals surface area contributed by atoms with Gasteiger partial charge >= 0.3 is 5.97 Å². The molecule has 0 fully saturated rings. The molecule has 0 aliphatic rings. The van der Waals surface area contributed by atoms with E-state index in [9.17, 15) is 19.8 Å². The lowest BCUT2D eigenvalue weighted by atomic mass is 10.0. The molecular weight excluding hydrogens is 622 g/mol. The van der Waals surface area contributed by atoms with E-state index >= 15 is 0 Å². The van der Waals surface area contributed by atoms with Crippen LogP contribution in [0.1, 0.15) is 232 Å². The van der Waals surface area contributed by atoms with Crippen LogP contribution in [0.25, 0.3) is 0 Å². The third-order valence-corrected chi connectivity index (χ3v) is 10.1. The first-order valence-corrected chi connectivity index (χ1v) is 21.9. The summed E-state index contributed by atoms with van der Waals surface area (Å²) in [5.74, 6) is -0.0895. The Bertz CT molecular complexity index is 742. The zero-order chi connectivity index (χ0) is 36.6. The van der Waals surface area contributed by atoms with Gasteiger partial charge in [-0.1, -0.05) is 180 Å². The molecular formula is C44H85NO5. The number of hydrogen-bond acceptors (Lipinski definition) is 5. The van der Waals surface area contributed by atoms with Crippen LogP contribution in [0.4, 0.5) is 0 Å². The Morgan fingerprint density at radius 2 is 0.940 bits per heavy atom. The van der Waals surface area contributed by atoms with Crippen molar-refractivity contribution in [3.8, 4) is 0 Å². The van der Waals surface area contributed by atoms with Gasteiger partial charge in [0, 0.05) is 12.8 Å². The second-order valence-corrected chi connectivity index (χ2v) is 15.0. The molecule has 0 bridgehead atoms. The zero-order valence-corrected chi connectivity index (χ0v) is 33.4. The molecule has 0 spiro atoms. The minimum absolute atomic E-state index is 0.0288. The molecule has 0 rings (SSSR count). The Balaban J connectivity index is 3.48. The number of rotatable bonds is 40. The standard InChI is InChI=1S/C44H85NO5/c1-3-5-7-9-11-13-15-16-17-22-26-30-34-38-44(49)50-39-35-31-27-23-19-18-21-25-29-33-37-43(48)45-41(40-46)42(47)36-32-28-24-20-14-12-10-8-6-4-2/h13,15,41-42,46-47H,3-12,14,16-40H2,1-2H3,(H,45,48)/b15-13-. The Labute approximate surface area is 310 Å². The molecule has 0 radical (unpaired) electrons. The van der Waals surface area contributed by atoms with Crippen LogP contribution in [0.5, 0.6) is 0 Å². The van der Waals surface area contributed by atoms with Crippen molar-refractivity contribution in [3.63, 3.8) is 0 Å². The smallest absolute Gasteiger partial charge is 0.305 e. The fourth-order valence-corrected chi connectivity index (χ4v) is 6.63. The number of allylic oxidation sites excluding steroid dienone is 2. The highest BCUT2D eigenvalue weighted by Crippen LogP contribution is 2.15. The van der Waals surface area contributed by atoms with E-state index in [0.717, 1.165) is 57.8 Å². The molecule has 6 nitrogen and oxygen atoms in total. The second kappa shape index (κ2) is 40.4. The Morgan fingerprint density at radius 1 is 0.540 bits per heavy atom. The summed E-state index contributed by atoms with van der Waals surface area (Å²) in [7, 11) is 0. The van der Waals surface area contributed by atoms with Gasteiger partial charge in [-0.2, -0.15) is 0 Å². The highest BCUT2D eigenvalue weighted by atomic mass is 16.5. The number of esters is 1. The summed E-state index contributed by atoms with van der Waals surface area (Å²) < 4.78 is 5.43. The van der Waals surface area contributed by atoms with Gasteiger partial charge in [0.2, 0.25) is 5.91 Å². The summed E-state index contributed by atoms with van der Waals surface area (Å²) in [5, 5.41) is 23.0. The molecule has 0 heterocycles. The van der Waals surface area contributed by atoms with Crippen molar-refractivity contribution in [1.82, 2.24) is 5.32 Å². The average molecular weight is 708 g/mol. The van der Waals surface area contributed by atoms with Crippen LogP contribution in [0, 0.1) is 0 Å². The van der Waals surface area contributed by atoms with E-state index in [0.29, 0.717) is 25.9 Å². The first-order valence-electron chi connectivity index (χ1n) is 21.9. The zero-order valence-electron chi connectivity index (χ0n) is 33.4. The second-order valence-electron chi connectivity index (χ2n) is 15.0. The predicted octanol–water partition coefficient (Wildman–Crippen LogP) is 12.2. The number of aliphatic hydroxyl groups excluding tert-OH is 2. The molecule has 296 valence electrons. The first kappa shape index (κ1) is 48.6. The molecule has 0 aliphatic carbocycles. The van der Waals surface area contributed by atoms with E-state index in [2.05, 4.69) is 31.3 Å². The summed E-state index contributed by atoms with van der Waals surface area (Å²) in [6.45, 7) is 4.85. The van der Waals surface area contributed by atoms with Crippen LogP contribution >= 0.6 is 0 Å². The van der Waals surface area contributed by atoms with E-state index in [1.54, 1.807) is 0 Å². The maximum atomic E-state index is 12.4. The van der Waals surface area contributed by atoms with Crippen LogP contribution in [-0.4, -0.2) is 47.4 Å². The largest absolute Gasteiger partial charge is 0.466 e. The van der Waals surface area contributed by atoms with Gasteiger partial charge in [-0.15, -0.1) is 0 Å². The van der Waals surface area contributed by atoms with E-state index in [1.807, 2.05) is 0 Å². The number of ether oxygens (including phenoxy) is 1. The molecule has 1 amide bonds. The molecule has 0 aliphatic heterocycles. The SMILES string of the molecule is CCCCCC/C=C\CCCCCCCC(=O)OCCCCCCCCCCCCC(=O)NC(CO)C(O)CCCCCCCCCCCC. The Morgan fingerprint density at radius 3 is 1.44 bits per heavy atom. The van der Waals surface area contributed by atoms with E-state index in [-0.39, 0.29) is 18.5 Å². The minimum Gasteiger partial charge on any atom is -0.466 e. The fraction of sp³-hybridized carbons (Fsp3) is 0.909. The van der Waals surface area contributed by atoms with Gasteiger partial charge in [0.05, 0.1) is 25.4 Å². The predicted molar refractivity (Wildman–Crippen MR) is 213 cm³/mol. The van der Waals surface area contributed by atoms with Gasteiger partial charge in [-0.05, 0) is 51.4 Å². The molecule has 0 saturated carbocycles. The first-order chi connectivity index (χ1) is 24.5. The molecule has 0 aromatic heterocycles. The van der Waals surface area contributed by atoms with Gasteiger partial charge in [0.1, 0.15) is 0 Å². The molecule has 2 atom stereocenters. The molecule has 0 aromatic carbocycles. The summed E-state index contributed by atoms with van der Waals surface area (Å²) in [4.78, 5) is 24.3. The molecule has 0 saturated heterocycles. The third-order valence-electron chi connectivity index (χ3n) is 10.1. The van der Waals surface area contributed by atoms with Crippen molar-refractivity contribution in [2.75, 3.05) is 13.2 Å². The lowest BCUT2D eigenvalue weighted by molar-refractivity contribution is -0.143. The van der Waals surface area contributed by atoms with Crippen molar-refractivity contribution in [3.05, 3.63) is 12.2 Å². The molecule has 6 heteroatoms. The van der Waals surface area contributed by atoms with Crippen LogP contribution in [0.3, 0.4) is 0 Å². The number of carbonyl (C=O) groups excluding carboxylic acids is 2. The summed E-state index contributed by atoms with van der Waals surface area (Å²) in [6, 6.07) is -0.555. The lowest BCUT2D eigenvalue weighted by Gasteiger charge is -2.22. The van der Waals surface area contributed by atoms with Gasteiger partial charge in [0.15, 0.2) is 0 Å². The van der Waals surface area contributed by atoms with Crippen molar-refractivity contribution in [2.45, 2.75) is 244 Å². The third kappa shape index (κ3) is 36.4. The maximum absolute atomic E-state index is 12.4. The number of unbranched alkanes of at least 4 members (excludes halogenated alkanes) is 27. The topological polar surface area (TPSA) is 95.9 Å². The number of amides is 1. The fourth-order valence-electron chi connectivity index (χ4n) is 6.63. The molecule has 3 N–H and O–H groups in total. The van der Waals surface area contributed by atoms with Crippen molar-refractivity contribution >= 4 is 11.9 Å². The number of aliphatic hydroxyl groups is 2. The van der Waals surface area contributed by atoms with Gasteiger partial charge in [0.25, 0.3) is 0 Å². The Hall–Kier alpha value is -1.40. The normalized spacial score (nSPS) is 12.8. The van der Waals surface area contributed by atoms with Crippen LogP contribution in [0.2, 0.25) is 0 Å². The summed E-state index contributed by atoms with van der Waals surface area (Å²) >= 11 is 0. The molecule has 50 heavy (non-hydrogen) atoms. The number of carbonyl (C=O) groups is 2.